The summed E-state index contributed by atoms with van der Waals surface area (Å²) >= 11 is 0. The van der Waals surface area contributed by atoms with Gasteiger partial charge < -0.3 is 20.1 Å². The van der Waals surface area contributed by atoms with Crippen LogP contribution in [-0.4, -0.2) is 16.4 Å². The molecule has 0 radical (unpaired) electrons. The fourth-order valence-corrected chi connectivity index (χ4v) is 2.10. The number of nitrogens with zero attached hydrogens (tertiary/aromatic N) is 1. The van der Waals surface area contributed by atoms with Gasteiger partial charge in [0.25, 0.3) is 6.29 Å². The van der Waals surface area contributed by atoms with E-state index in [9.17, 15) is 9.90 Å². The molecule has 3 N–H and O–H groups in total. The number of carbonyl (C=O) groups is 1. The molecule has 1 heterocycles. The highest BCUT2D eigenvalue weighted by atomic mass is 16.7. The summed E-state index contributed by atoms with van der Waals surface area (Å²) in [5.74, 6) is 0.126. The first kappa shape index (κ1) is 15.1. The van der Waals surface area contributed by atoms with Crippen molar-refractivity contribution in [2.24, 2.45) is 5.73 Å². The van der Waals surface area contributed by atoms with Crippen molar-refractivity contribution in [1.82, 2.24) is 5.16 Å². The number of hydrogen-bond donors (Lipinski definition) is 2. The molecule has 0 spiro atoms. The van der Waals surface area contributed by atoms with E-state index in [1.807, 2.05) is 30.3 Å². The average Bonchev–Trinajstić information content (AvgIpc) is 2.89. The summed E-state index contributed by atoms with van der Waals surface area (Å²) in [5.41, 5.74) is 7.17. The number of nitrogens with two attached hydrogens (primary N) is 1. The molecule has 1 aromatic carbocycles. The fourth-order valence-electron chi connectivity index (χ4n) is 2.10. The minimum Gasteiger partial charge on any atom is -0.412 e. The minimum absolute atomic E-state index is 0.126. The van der Waals surface area contributed by atoms with E-state index < -0.39 is 12.4 Å². The largest absolute Gasteiger partial charge is 0.412 e. The maximum absolute atomic E-state index is 10.8. The monoisotopic (exact) mass is 290 g/mol. The average molecular weight is 290 g/mol. The minimum atomic E-state index is -1.54. The van der Waals surface area contributed by atoms with Gasteiger partial charge in [0.05, 0.1) is 0 Å². The molecule has 0 fully saturated rings. The summed E-state index contributed by atoms with van der Waals surface area (Å²) in [6.45, 7) is 2.06. The summed E-state index contributed by atoms with van der Waals surface area (Å²) < 4.78 is 9.74. The lowest BCUT2D eigenvalue weighted by atomic mass is 10.0. The van der Waals surface area contributed by atoms with Gasteiger partial charge in [0, 0.05) is 11.1 Å². The molecular formula is C15H18N2O4. The van der Waals surface area contributed by atoms with E-state index in [1.54, 1.807) is 0 Å². The van der Waals surface area contributed by atoms with Crippen molar-refractivity contribution in [1.29, 1.82) is 0 Å². The Morgan fingerprint density at radius 2 is 2.14 bits per heavy atom. The van der Waals surface area contributed by atoms with Crippen molar-refractivity contribution in [3.8, 4) is 11.3 Å². The number of benzene rings is 1. The zero-order chi connectivity index (χ0) is 15.2. The molecule has 0 aliphatic carbocycles. The topological polar surface area (TPSA) is 98.6 Å². The van der Waals surface area contributed by atoms with Crippen LogP contribution in [0.2, 0.25) is 0 Å². The molecule has 0 bridgehead atoms. The lowest BCUT2D eigenvalue weighted by Crippen LogP contribution is -2.17. The van der Waals surface area contributed by atoms with Crippen LogP contribution < -0.4 is 5.73 Å². The van der Waals surface area contributed by atoms with Gasteiger partial charge in [-0.1, -0.05) is 48.8 Å². The van der Waals surface area contributed by atoms with E-state index in [4.69, 9.17) is 10.3 Å². The predicted octanol–water partition coefficient (Wildman–Crippen LogP) is 2.77. The molecule has 0 saturated carbocycles. The van der Waals surface area contributed by atoms with Gasteiger partial charge in [0.1, 0.15) is 5.69 Å². The third-order valence-electron chi connectivity index (χ3n) is 3.10. The number of primary amides is 1. The number of aliphatic hydroxyl groups excluding tert-OH is 1. The molecule has 0 aliphatic rings. The Kier molecular flexibility index (Phi) is 4.94. The molecule has 6 nitrogen and oxygen atoms in total. The second-order valence-electron chi connectivity index (χ2n) is 4.63. The first-order valence-corrected chi connectivity index (χ1v) is 6.81. The summed E-state index contributed by atoms with van der Waals surface area (Å²) in [4.78, 5) is 10.8. The van der Waals surface area contributed by atoms with Crippen LogP contribution in [0.4, 0.5) is 4.79 Å². The summed E-state index contributed by atoms with van der Waals surface area (Å²) in [5, 5.41) is 13.9. The number of aromatic nitrogens is 1. The SMILES string of the molecule is CCCCc1c(-c2ccccc2)noc1C(O)OC(N)=O. The van der Waals surface area contributed by atoms with Crippen LogP contribution in [0, 0.1) is 0 Å². The van der Waals surface area contributed by atoms with Gasteiger partial charge in [-0.3, -0.25) is 0 Å². The first-order chi connectivity index (χ1) is 10.1. The molecule has 21 heavy (non-hydrogen) atoms. The van der Waals surface area contributed by atoms with E-state index in [1.165, 1.54) is 0 Å². The van der Waals surface area contributed by atoms with E-state index in [2.05, 4.69) is 16.8 Å². The first-order valence-electron chi connectivity index (χ1n) is 6.81. The lowest BCUT2D eigenvalue weighted by Gasteiger charge is -2.09. The standard InChI is InChI=1S/C15H18N2O4/c1-2-3-9-11-12(10-7-5-4-6-8-10)17-21-13(11)14(18)20-15(16)19/h4-8,14,18H,2-3,9H2,1H3,(H2,16,19). The van der Waals surface area contributed by atoms with E-state index in [0.29, 0.717) is 12.1 Å². The number of rotatable bonds is 6. The Hall–Kier alpha value is -2.34. The molecule has 1 atom stereocenters. The van der Waals surface area contributed by atoms with Crippen LogP contribution in [0.15, 0.2) is 34.9 Å². The zero-order valence-corrected chi connectivity index (χ0v) is 11.8. The van der Waals surface area contributed by atoms with Crippen molar-refractivity contribution >= 4 is 6.09 Å². The van der Waals surface area contributed by atoms with Crippen LogP contribution in [-0.2, 0) is 11.2 Å². The molecule has 112 valence electrons. The third-order valence-corrected chi connectivity index (χ3v) is 3.10. The summed E-state index contributed by atoms with van der Waals surface area (Å²) in [6.07, 6.45) is -0.0669. The Morgan fingerprint density at radius 3 is 2.76 bits per heavy atom. The highest BCUT2D eigenvalue weighted by Gasteiger charge is 2.25. The van der Waals surface area contributed by atoms with Gasteiger partial charge in [0.15, 0.2) is 0 Å². The van der Waals surface area contributed by atoms with Crippen molar-refractivity contribution in [3.05, 3.63) is 41.7 Å². The highest BCUT2D eigenvalue weighted by Crippen LogP contribution is 2.30. The molecule has 1 unspecified atom stereocenters. The Morgan fingerprint density at radius 1 is 1.43 bits per heavy atom. The summed E-state index contributed by atoms with van der Waals surface area (Å²) in [6, 6.07) is 9.49. The van der Waals surface area contributed by atoms with Gasteiger partial charge in [-0.25, -0.2) is 4.79 Å². The van der Waals surface area contributed by atoms with Gasteiger partial charge >= 0.3 is 6.09 Å². The number of carbonyl (C=O) groups excluding carboxylic acids is 1. The van der Waals surface area contributed by atoms with Crippen LogP contribution in [0.3, 0.4) is 0 Å². The van der Waals surface area contributed by atoms with Crippen LogP contribution >= 0.6 is 0 Å². The Bertz CT molecular complexity index is 595. The number of hydrogen-bond acceptors (Lipinski definition) is 5. The normalized spacial score (nSPS) is 12.1. The van der Waals surface area contributed by atoms with Gasteiger partial charge in [0.2, 0.25) is 5.76 Å². The van der Waals surface area contributed by atoms with Crippen LogP contribution in [0.5, 0.6) is 0 Å². The second kappa shape index (κ2) is 6.90. The predicted molar refractivity (Wildman–Crippen MR) is 76.2 cm³/mol. The Balaban J connectivity index is 2.37. The number of unbranched alkanes of at least 4 members (excludes halogenated alkanes) is 1. The summed E-state index contributed by atoms with van der Waals surface area (Å²) in [7, 11) is 0. The molecule has 2 rings (SSSR count). The van der Waals surface area contributed by atoms with Crippen molar-refractivity contribution in [3.63, 3.8) is 0 Å². The maximum Gasteiger partial charge on any atom is 0.407 e. The van der Waals surface area contributed by atoms with Crippen molar-refractivity contribution in [2.75, 3.05) is 0 Å². The van der Waals surface area contributed by atoms with Gasteiger partial charge in [-0.2, -0.15) is 0 Å². The Labute approximate surface area is 122 Å². The molecule has 0 saturated heterocycles. The van der Waals surface area contributed by atoms with Crippen molar-refractivity contribution in [2.45, 2.75) is 32.5 Å². The molecular weight excluding hydrogens is 272 g/mol. The third kappa shape index (κ3) is 3.61. The van der Waals surface area contributed by atoms with Gasteiger partial charge in [-0.05, 0) is 12.8 Å². The zero-order valence-electron chi connectivity index (χ0n) is 11.8. The lowest BCUT2D eigenvalue weighted by molar-refractivity contribution is -0.0682. The quantitative estimate of drug-likeness (QED) is 0.797. The molecule has 0 aliphatic heterocycles. The fraction of sp³-hybridized carbons (Fsp3) is 0.333. The maximum atomic E-state index is 10.8. The van der Waals surface area contributed by atoms with E-state index >= 15 is 0 Å². The number of ether oxygens (including phenoxy) is 1. The van der Waals surface area contributed by atoms with Crippen molar-refractivity contribution < 1.29 is 19.2 Å². The van der Waals surface area contributed by atoms with E-state index in [0.717, 1.165) is 24.0 Å². The molecule has 6 heteroatoms. The molecule has 2 aromatic rings. The van der Waals surface area contributed by atoms with Crippen LogP contribution in [0.1, 0.15) is 37.4 Å². The van der Waals surface area contributed by atoms with Gasteiger partial charge in [-0.15, -0.1) is 0 Å². The number of aliphatic hydroxyl groups is 1. The van der Waals surface area contributed by atoms with Crippen LogP contribution in [0.25, 0.3) is 11.3 Å². The molecule has 1 aromatic heterocycles. The van der Waals surface area contributed by atoms with E-state index in [-0.39, 0.29) is 5.76 Å². The number of amides is 1. The smallest absolute Gasteiger partial charge is 0.407 e. The second-order valence-corrected chi connectivity index (χ2v) is 4.63. The molecule has 1 amide bonds. The highest BCUT2D eigenvalue weighted by molar-refractivity contribution is 5.66.